The Morgan fingerprint density at radius 1 is 0.929 bits per heavy atom. The predicted octanol–water partition coefficient (Wildman–Crippen LogP) is 3.20. The van der Waals surface area contributed by atoms with Gasteiger partial charge in [-0.3, -0.25) is 0 Å². The first-order chi connectivity index (χ1) is 6.88. The molecular weight excluding hydrogens is 170 g/mol. The maximum atomic E-state index is 3.66. The van der Waals surface area contributed by atoms with Gasteiger partial charge in [-0.05, 0) is 56.5 Å². The van der Waals surface area contributed by atoms with Gasteiger partial charge in [-0.1, -0.05) is 26.2 Å². The number of nitrogens with one attached hydrogen (secondary N) is 1. The third kappa shape index (κ3) is 3.27. The average Bonchev–Trinajstić information content (AvgIpc) is 3.02. The Labute approximate surface area is 88.7 Å². The van der Waals surface area contributed by atoms with Crippen LogP contribution in [-0.2, 0) is 0 Å². The van der Waals surface area contributed by atoms with Crippen molar-refractivity contribution >= 4 is 0 Å². The van der Waals surface area contributed by atoms with Gasteiger partial charge in [0.05, 0.1) is 0 Å². The molecule has 2 atom stereocenters. The number of rotatable bonds is 5. The van der Waals surface area contributed by atoms with E-state index in [2.05, 4.69) is 12.2 Å². The summed E-state index contributed by atoms with van der Waals surface area (Å²) in [6, 6.07) is 0. The standard InChI is InChI=1S/C13H25N/c1-2-11-4-3-5-13(8-11)10-14-9-12-6-7-12/h11-14H,2-10H2,1H3. The Kier molecular flexibility index (Phi) is 3.86. The van der Waals surface area contributed by atoms with Crippen LogP contribution in [0, 0.1) is 17.8 Å². The minimum Gasteiger partial charge on any atom is -0.316 e. The SMILES string of the molecule is CCC1CCCC(CNCC2CC2)C1. The molecule has 0 aromatic carbocycles. The maximum Gasteiger partial charge on any atom is -0.00203 e. The average molecular weight is 195 g/mol. The number of hydrogen-bond donors (Lipinski definition) is 1. The van der Waals surface area contributed by atoms with Crippen LogP contribution in [-0.4, -0.2) is 13.1 Å². The van der Waals surface area contributed by atoms with Crippen LogP contribution >= 0.6 is 0 Å². The fourth-order valence-electron chi connectivity index (χ4n) is 2.77. The number of hydrogen-bond acceptors (Lipinski definition) is 1. The van der Waals surface area contributed by atoms with Crippen LogP contribution in [0.1, 0.15) is 51.9 Å². The van der Waals surface area contributed by atoms with Gasteiger partial charge in [-0.2, -0.15) is 0 Å². The molecule has 1 N–H and O–H groups in total. The third-order valence-electron chi connectivity index (χ3n) is 4.03. The van der Waals surface area contributed by atoms with E-state index < -0.39 is 0 Å². The van der Waals surface area contributed by atoms with E-state index >= 15 is 0 Å². The van der Waals surface area contributed by atoms with Crippen molar-refractivity contribution in [1.82, 2.24) is 5.32 Å². The van der Waals surface area contributed by atoms with Crippen molar-refractivity contribution < 1.29 is 0 Å². The second kappa shape index (κ2) is 5.16. The molecule has 2 rings (SSSR count). The summed E-state index contributed by atoms with van der Waals surface area (Å²) in [5.41, 5.74) is 0. The zero-order valence-electron chi connectivity index (χ0n) is 9.60. The van der Waals surface area contributed by atoms with Gasteiger partial charge in [-0.15, -0.1) is 0 Å². The van der Waals surface area contributed by atoms with Crippen molar-refractivity contribution in [2.45, 2.75) is 51.9 Å². The van der Waals surface area contributed by atoms with Gasteiger partial charge in [0.2, 0.25) is 0 Å². The quantitative estimate of drug-likeness (QED) is 0.710. The smallest absolute Gasteiger partial charge is 0.00203 e. The first-order valence-corrected chi connectivity index (χ1v) is 6.59. The monoisotopic (exact) mass is 195 g/mol. The summed E-state index contributed by atoms with van der Waals surface area (Å²) in [5.74, 6) is 3.07. The van der Waals surface area contributed by atoms with E-state index in [4.69, 9.17) is 0 Å². The summed E-state index contributed by atoms with van der Waals surface area (Å²) in [6.45, 7) is 4.95. The van der Waals surface area contributed by atoms with Crippen LogP contribution in [0.2, 0.25) is 0 Å². The van der Waals surface area contributed by atoms with Crippen LogP contribution in [0.5, 0.6) is 0 Å². The van der Waals surface area contributed by atoms with Crippen LogP contribution in [0.3, 0.4) is 0 Å². The molecule has 0 aliphatic heterocycles. The zero-order chi connectivity index (χ0) is 9.80. The third-order valence-corrected chi connectivity index (χ3v) is 4.03. The first kappa shape index (κ1) is 10.5. The Morgan fingerprint density at radius 2 is 1.64 bits per heavy atom. The summed E-state index contributed by atoms with van der Waals surface area (Å²) in [6.07, 6.45) is 10.3. The summed E-state index contributed by atoms with van der Waals surface area (Å²) >= 11 is 0. The van der Waals surface area contributed by atoms with Gasteiger partial charge in [0, 0.05) is 0 Å². The molecule has 2 unspecified atom stereocenters. The molecule has 2 saturated carbocycles. The molecule has 0 aromatic rings. The lowest BCUT2D eigenvalue weighted by molar-refractivity contribution is 0.254. The largest absolute Gasteiger partial charge is 0.316 e. The molecule has 0 amide bonds. The van der Waals surface area contributed by atoms with E-state index in [1.165, 1.54) is 58.0 Å². The lowest BCUT2D eigenvalue weighted by atomic mass is 9.80. The van der Waals surface area contributed by atoms with Crippen LogP contribution in [0.25, 0.3) is 0 Å². The van der Waals surface area contributed by atoms with E-state index in [0.29, 0.717) is 0 Å². The van der Waals surface area contributed by atoms with Crippen LogP contribution in [0.15, 0.2) is 0 Å². The van der Waals surface area contributed by atoms with Gasteiger partial charge in [0.15, 0.2) is 0 Å². The Hall–Kier alpha value is -0.0400. The molecular formula is C13H25N. The lowest BCUT2D eigenvalue weighted by Crippen LogP contribution is -2.28. The topological polar surface area (TPSA) is 12.0 Å². The highest BCUT2D eigenvalue weighted by atomic mass is 14.9. The van der Waals surface area contributed by atoms with E-state index in [9.17, 15) is 0 Å². The van der Waals surface area contributed by atoms with Gasteiger partial charge in [0.1, 0.15) is 0 Å². The van der Waals surface area contributed by atoms with Crippen LogP contribution < -0.4 is 5.32 Å². The van der Waals surface area contributed by atoms with Crippen molar-refractivity contribution in [3.05, 3.63) is 0 Å². The molecule has 0 heterocycles. The molecule has 0 spiro atoms. The Bertz CT molecular complexity index is 163. The fourth-order valence-corrected chi connectivity index (χ4v) is 2.77. The van der Waals surface area contributed by atoms with Crippen molar-refractivity contribution in [2.24, 2.45) is 17.8 Å². The van der Waals surface area contributed by atoms with Crippen molar-refractivity contribution in [3.8, 4) is 0 Å². The molecule has 0 radical (unpaired) electrons. The molecule has 1 heteroatoms. The lowest BCUT2D eigenvalue weighted by Gasteiger charge is -2.28. The summed E-state index contributed by atoms with van der Waals surface area (Å²) in [7, 11) is 0. The van der Waals surface area contributed by atoms with Crippen molar-refractivity contribution in [2.75, 3.05) is 13.1 Å². The molecule has 2 aliphatic rings. The normalized spacial score (nSPS) is 33.2. The Balaban J connectivity index is 1.58. The highest BCUT2D eigenvalue weighted by Gasteiger charge is 2.23. The zero-order valence-corrected chi connectivity index (χ0v) is 9.60. The van der Waals surface area contributed by atoms with Crippen molar-refractivity contribution in [3.63, 3.8) is 0 Å². The predicted molar refractivity (Wildman–Crippen MR) is 61.3 cm³/mol. The van der Waals surface area contributed by atoms with Gasteiger partial charge < -0.3 is 5.32 Å². The minimum atomic E-state index is 0.993. The van der Waals surface area contributed by atoms with Gasteiger partial charge in [-0.25, -0.2) is 0 Å². The molecule has 2 fully saturated rings. The second-order valence-corrected chi connectivity index (χ2v) is 5.41. The minimum absolute atomic E-state index is 0.993. The molecule has 0 saturated heterocycles. The van der Waals surface area contributed by atoms with Gasteiger partial charge in [0.25, 0.3) is 0 Å². The van der Waals surface area contributed by atoms with Crippen molar-refractivity contribution in [1.29, 1.82) is 0 Å². The molecule has 1 nitrogen and oxygen atoms in total. The van der Waals surface area contributed by atoms with E-state index in [0.717, 1.165) is 17.8 Å². The summed E-state index contributed by atoms with van der Waals surface area (Å²) in [4.78, 5) is 0. The van der Waals surface area contributed by atoms with Gasteiger partial charge >= 0.3 is 0 Å². The van der Waals surface area contributed by atoms with E-state index in [-0.39, 0.29) is 0 Å². The highest BCUT2D eigenvalue weighted by molar-refractivity contribution is 4.78. The summed E-state index contributed by atoms with van der Waals surface area (Å²) < 4.78 is 0. The molecule has 82 valence electrons. The molecule has 14 heavy (non-hydrogen) atoms. The molecule has 0 bridgehead atoms. The molecule has 0 aromatic heterocycles. The second-order valence-electron chi connectivity index (χ2n) is 5.41. The Morgan fingerprint density at radius 3 is 2.36 bits per heavy atom. The fraction of sp³-hybridized carbons (Fsp3) is 1.00. The summed E-state index contributed by atoms with van der Waals surface area (Å²) in [5, 5.41) is 3.66. The maximum absolute atomic E-state index is 3.66. The first-order valence-electron chi connectivity index (χ1n) is 6.59. The highest BCUT2D eigenvalue weighted by Crippen LogP contribution is 2.31. The molecule has 2 aliphatic carbocycles. The van der Waals surface area contributed by atoms with E-state index in [1.54, 1.807) is 0 Å². The van der Waals surface area contributed by atoms with Crippen LogP contribution in [0.4, 0.5) is 0 Å². The van der Waals surface area contributed by atoms with E-state index in [1.807, 2.05) is 0 Å².